The van der Waals surface area contributed by atoms with Gasteiger partial charge >= 0.3 is 0 Å². The van der Waals surface area contributed by atoms with Crippen molar-refractivity contribution in [2.24, 2.45) is 4.99 Å². The highest BCUT2D eigenvalue weighted by Crippen LogP contribution is 2.45. The first-order chi connectivity index (χ1) is 12.8. The van der Waals surface area contributed by atoms with Crippen molar-refractivity contribution >= 4 is 45.1 Å². The van der Waals surface area contributed by atoms with E-state index in [4.69, 9.17) is 16.3 Å². The van der Waals surface area contributed by atoms with E-state index in [0.717, 1.165) is 34.4 Å². The van der Waals surface area contributed by atoms with Crippen molar-refractivity contribution < 1.29 is 4.74 Å². The van der Waals surface area contributed by atoms with Gasteiger partial charge in [0.05, 0.1) is 17.8 Å². The first kappa shape index (κ1) is 20.2. The summed E-state index contributed by atoms with van der Waals surface area (Å²) in [4.78, 5) is 7.08. The van der Waals surface area contributed by atoms with Gasteiger partial charge in [0.25, 0.3) is 0 Å². The van der Waals surface area contributed by atoms with E-state index in [-0.39, 0.29) is 5.54 Å². The van der Waals surface area contributed by atoms with E-state index in [2.05, 4.69) is 65.6 Å². The molecular weight excluding hydrogens is 424 g/mol. The molecule has 0 aliphatic carbocycles. The van der Waals surface area contributed by atoms with Gasteiger partial charge in [0.2, 0.25) is 0 Å². The van der Waals surface area contributed by atoms with Gasteiger partial charge in [-0.05, 0) is 78.9 Å². The molecule has 3 nitrogen and oxygen atoms in total. The molecule has 2 aromatic rings. The average Bonchev–Trinajstić information content (AvgIpc) is 2.61. The van der Waals surface area contributed by atoms with Crippen LogP contribution in [0.1, 0.15) is 51.2 Å². The molecule has 1 aliphatic rings. The molecule has 2 aromatic carbocycles. The molecule has 0 bridgehead atoms. The Morgan fingerprint density at radius 3 is 2.70 bits per heavy atom. The van der Waals surface area contributed by atoms with Gasteiger partial charge in [-0.15, -0.1) is 0 Å². The van der Waals surface area contributed by atoms with Crippen LogP contribution in [0.15, 0.2) is 39.8 Å². The summed E-state index contributed by atoms with van der Waals surface area (Å²) < 4.78 is 6.55. The van der Waals surface area contributed by atoms with Crippen LogP contribution in [0.2, 0.25) is 5.02 Å². The summed E-state index contributed by atoms with van der Waals surface area (Å²) in [5.74, 6) is 1.32. The second-order valence-electron chi connectivity index (χ2n) is 7.67. The lowest BCUT2D eigenvalue weighted by Crippen LogP contribution is -2.48. The van der Waals surface area contributed by atoms with Crippen molar-refractivity contribution in [3.05, 3.63) is 51.0 Å². The first-order valence-corrected chi connectivity index (χ1v) is 10.4. The van der Waals surface area contributed by atoms with Gasteiger partial charge in [0.15, 0.2) is 0 Å². The molecule has 0 saturated carbocycles. The van der Waals surface area contributed by atoms with E-state index in [1.807, 2.05) is 24.4 Å². The number of rotatable bonds is 4. The Labute approximate surface area is 175 Å². The summed E-state index contributed by atoms with van der Waals surface area (Å²) in [6, 6.07) is 10.1. The molecule has 1 unspecified atom stereocenters. The number of nitrogens with zero attached hydrogens (tertiary/aromatic N) is 2. The highest BCUT2D eigenvalue weighted by Gasteiger charge is 2.36. The molecule has 27 heavy (non-hydrogen) atoms. The molecule has 0 spiro atoms. The molecule has 0 fully saturated rings. The van der Waals surface area contributed by atoms with E-state index < -0.39 is 0 Å². The highest BCUT2D eigenvalue weighted by molar-refractivity contribution is 9.10. The summed E-state index contributed by atoms with van der Waals surface area (Å²) in [6.45, 7) is 10.1. The third-order valence-electron chi connectivity index (χ3n) is 5.31. The van der Waals surface area contributed by atoms with Crippen LogP contribution in [0.4, 0.5) is 11.4 Å². The second-order valence-corrected chi connectivity index (χ2v) is 8.93. The maximum atomic E-state index is 6.18. The maximum absolute atomic E-state index is 6.18. The number of anilines is 1. The smallest absolute Gasteiger partial charge is 0.129 e. The number of methoxy groups -OCH3 is 1. The average molecular weight is 450 g/mol. The Morgan fingerprint density at radius 1 is 1.33 bits per heavy atom. The number of hydrogen-bond acceptors (Lipinski definition) is 3. The van der Waals surface area contributed by atoms with E-state index >= 15 is 0 Å². The lowest BCUT2D eigenvalue weighted by atomic mass is 9.79. The van der Waals surface area contributed by atoms with Gasteiger partial charge in [-0.25, -0.2) is 0 Å². The van der Waals surface area contributed by atoms with Crippen LogP contribution < -0.4 is 9.64 Å². The van der Waals surface area contributed by atoms with Crippen LogP contribution in [0.3, 0.4) is 0 Å². The number of ether oxygens (including phenoxy) is 1. The molecule has 0 amide bonds. The SMILES string of the molecule is CCN1c2cc(OC)c(C=Nc3ccc(Br)c(Cl)c3)cc2C(C)CC1(C)C. The molecule has 3 rings (SSSR count). The van der Waals surface area contributed by atoms with Crippen LogP contribution in [0.25, 0.3) is 0 Å². The topological polar surface area (TPSA) is 24.8 Å². The van der Waals surface area contributed by atoms with Crippen LogP contribution in [-0.2, 0) is 0 Å². The lowest BCUT2D eigenvalue weighted by molar-refractivity contribution is 0.377. The summed E-state index contributed by atoms with van der Waals surface area (Å²) >= 11 is 9.58. The van der Waals surface area contributed by atoms with Crippen molar-refractivity contribution in [3.8, 4) is 5.75 Å². The van der Waals surface area contributed by atoms with E-state index in [9.17, 15) is 0 Å². The van der Waals surface area contributed by atoms with Gasteiger partial charge in [0, 0.05) is 40.1 Å². The van der Waals surface area contributed by atoms with Crippen molar-refractivity contribution in [3.63, 3.8) is 0 Å². The quantitative estimate of drug-likeness (QED) is 0.471. The predicted molar refractivity (Wildman–Crippen MR) is 120 cm³/mol. The molecule has 0 saturated heterocycles. The lowest BCUT2D eigenvalue weighted by Gasteiger charge is -2.47. The normalized spacial score (nSPS) is 18.6. The minimum absolute atomic E-state index is 0.135. The van der Waals surface area contributed by atoms with Gasteiger partial charge in [-0.3, -0.25) is 4.99 Å². The number of aliphatic imine (C=N–C) groups is 1. The van der Waals surface area contributed by atoms with Crippen LogP contribution in [-0.4, -0.2) is 25.4 Å². The standard InChI is InChI=1S/C22H26BrClN2O/c1-6-26-20-11-21(27-5)15(9-17(20)14(2)12-22(26,3)4)13-25-16-7-8-18(23)19(24)10-16/h7-11,13-14H,6,12H2,1-5H3. The molecular formula is C22H26BrClN2O. The monoisotopic (exact) mass is 448 g/mol. The summed E-state index contributed by atoms with van der Waals surface area (Å²) in [5.41, 5.74) is 4.55. The van der Waals surface area contributed by atoms with E-state index in [1.165, 1.54) is 11.3 Å². The zero-order valence-corrected chi connectivity index (χ0v) is 18.9. The molecule has 0 radical (unpaired) electrons. The minimum Gasteiger partial charge on any atom is -0.496 e. The zero-order valence-electron chi connectivity index (χ0n) is 16.5. The van der Waals surface area contributed by atoms with E-state index in [0.29, 0.717) is 10.9 Å². The summed E-state index contributed by atoms with van der Waals surface area (Å²) in [5, 5.41) is 0.650. The summed E-state index contributed by atoms with van der Waals surface area (Å²) in [6.07, 6.45) is 2.99. The van der Waals surface area contributed by atoms with Crippen molar-refractivity contribution in [2.75, 3.05) is 18.6 Å². The Balaban J connectivity index is 2.04. The Morgan fingerprint density at radius 2 is 2.07 bits per heavy atom. The number of halogens is 2. The van der Waals surface area contributed by atoms with E-state index in [1.54, 1.807) is 7.11 Å². The van der Waals surface area contributed by atoms with Crippen molar-refractivity contribution in [2.45, 2.75) is 45.6 Å². The number of benzene rings is 2. The Bertz CT molecular complexity index is 879. The molecule has 5 heteroatoms. The fourth-order valence-corrected chi connectivity index (χ4v) is 4.53. The van der Waals surface area contributed by atoms with Gasteiger partial charge in [-0.1, -0.05) is 18.5 Å². The van der Waals surface area contributed by atoms with Crippen LogP contribution in [0, 0.1) is 0 Å². The molecule has 0 N–H and O–H groups in total. The number of fused-ring (bicyclic) bond motifs is 1. The fourth-order valence-electron chi connectivity index (χ4n) is 4.11. The third kappa shape index (κ3) is 4.02. The molecule has 1 aliphatic heterocycles. The van der Waals surface area contributed by atoms with Crippen LogP contribution in [0.5, 0.6) is 5.75 Å². The Hall–Kier alpha value is -1.52. The molecule has 1 heterocycles. The van der Waals surface area contributed by atoms with Gasteiger partial charge in [0.1, 0.15) is 5.75 Å². The third-order valence-corrected chi connectivity index (χ3v) is 6.54. The molecule has 144 valence electrons. The minimum atomic E-state index is 0.135. The van der Waals surface area contributed by atoms with Crippen molar-refractivity contribution in [1.29, 1.82) is 0 Å². The highest BCUT2D eigenvalue weighted by atomic mass is 79.9. The second kappa shape index (κ2) is 7.84. The van der Waals surface area contributed by atoms with Crippen molar-refractivity contribution in [1.82, 2.24) is 0 Å². The van der Waals surface area contributed by atoms with Crippen LogP contribution >= 0.6 is 27.5 Å². The van der Waals surface area contributed by atoms with Gasteiger partial charge in [-0.2, -0.15) is 0 Å². The Kier molecular flexibility index (Phi) is 5.87. The first-order valence-electron chi connectivity index (χ1n) is 9.25. The fraction of sp³-hybridized carbons (Fsp3) is 0.409. The summed E-state index contributed by atoms with van der Waals surface area (Å²) in [7, 11) is 1.71. The predicted octanol–water partition coefficient (Wildman–Crippen LogP) is 6.97. The molecule has 0 aromatic heterocycles. The zero-order chi connectivity index (χ0) is 19.8. The largest absolute Gasteiger partial charge is 0.496 e. The number of hydrogen-bond donors (Lipinski definition) is 0. The van der Waals surface area contributed by atoms with Gasteiger partial charge < -0.3 is 9.64 Å². The maximum Gasteiger partial charge on any atom is 0.129 e. The molecule has 1 atom stereocenters.